The maximum atomic E-state index is 8.65. The molecular weight excluding hydrogens is 256 g/mol. The Labute approximate surface area is 103 Å². The summed E-state index contributed by atoms with van der Waals surface area (Å²) >= 11 is 17.3. The number of nitriles is 1. The molecule has 0 bridgehead atoms. The topological polar surface area (TPSA) is 33.0 Å². The Hall–Kier alpha value is -0.620. The van der Waals surface area contributed by atoms with Gasteiger partial charge in [0.1, 0.15) is 11.8 Å². The molecule has 0 N–H and O–H groups in total. The molecule has 15 heavy (non-hydrogen) atoms. The lowest BCUT2D eigenvalue weighted by atomic mass is 10.1. The Morgan fingerprint density at radius 1 is 1.47 bits per heavy atom. The molecule has 0 radical (unpaired) electrons. The average molecular weight is 265 g/mol. The van der Waals surface area contributed by atoms with Gasteiger partial charge in [0, 0.05) is 6.42 Å². The van der Waals surface area contributed by atoms with Crippen LogP contribution in [0, 0.1) is 11.3 Å². The number of nitrogens with zero attached hydrogens (tertiary/aromatic N) is 1. The highest BCUT2D eigenvalue weighted by atomic mass is 35.5. The van der Waals surface area contributed by atoms with Crippen molar-refractivity contribution in [2.24, 2.45) is 0 Å². The van der Waals surface area contributed by atoms with E-state index in [1.54, 1.807) is 24.3 Å². The van der Waals surface area contributed by atoms with Crippen molar-refractivity contribution in [2.45, 2.75) is 10.8 Å². The second-order valence-electron chi connectivity index (χ2n) is 2.96. The zero-order valence-corrected chi connectivity index (χ0v) is 10.2. The summed E-state index contributed by atoms with van der Waals surface area (Å²) in [7, 11) is 1.53. The van der Waals surface area contributed by atoms with Crippen molar-refractivity contribution in [1.29, 1.82) is 5.26 Å². The predicted molar refractivity (Wildman–Crippen MR) is 61.8 cm³/mol. The Bertz CT molecular complexity index is 398. The van der Waals surface area contributed by atoms with Gasteiger partial charge in [0.05, 0.1) is 12.1 Å². The van der Waals surface area contributed by atoms with Crippen LogP contribution in [-0.2, 0) is 6.42 Å². The number of benzene rings is 1. The van der Waals surface area contributed by atoms with E-state index in [0.29, 0.717) is 10.8 Å². The van der Waals surface area contributed by atoms with Crippen LogP contribution in [0.3, 0.4) is 0 Å². The van der Waals surface area contributed by atoms with Crippen molar-refractivity contribution in [3.05, 3.63) is 28.8 Å². The molecule has 1 aromatic carbocycles. The zero-order chi connectivity index (χ0) is 11.5. The number of halogens is 3. The summed E-state index contributed by atoms with van der Waals surface area (Å²) < 4.78 is 3.57. The minimum absolute atomic E-state index is 0.219. The van der Waals surface area contributed by atoms with Gasteiger partial charge in [-0.15, -0.1) is 0 Å². The molecule has 0 heterocycles. The highest BCUT2D eigenvalue weighted by Gasteiger charge is 2.23. The maximum Gasteiger partial charge on any atom is 0.207 e. The summed E-state index contributed by atoms with van der Waals surface area (Å²) in [5, 5.41) is 9.12. The second-order valence-corrected chi connectivity index (χ2v) is 4.85. The Morgan fingerprint density at radius 2 is 2.13 bits per heavy atom. The van der Waals surface area contributed by atoms with E-state index in [-0.39, 0.29) is 6.42 Å². The molecule has 0 aliphatic carbocycles. The van der Waals surface area contributed by atoms with E-state index >= 15 is 0 Å². The van der Waals surface area contributed by atoms with E-state index in [9.17, 15) is 0 Å². The number of rotatable bonds is 3. The monoisotopic (exact) mass is 263 g/mol. The minimum atomic E-state index is -1.42. The van der Waals surface area contributed by atoms with Crippen LogP contribution in [-0.4, -0.2) is 11.4 Å². The molecule has 5 heteroatoms. The van der Waals surface area contributed by atoms with Crippen molar-refractivity contribution in [1.82, 2.24) is 0 Å². The highest BCUT2D eigenvalue weighted by molar-refractivity contribution is 6.50. The third-order valence-electron chi connectivity index (χ3n) is 1.81. The molecule has 0 fully saturated rings. The quantitative estimate of drug-likeness (QED) is 0.782. The molecule has 1 aromatic rings. The van der Waals surface area contributed by atoms with Gasteiger partial charge in [-0.1, -0.05) is 40.9 Å². The summed E-state index contributed by atoms with van der Waals surface area (Å²) in [6.07, 6.45) is 0.219. The van der Waals surface area contributed by atoms with Gasteiger partial charge < -0.3 is 4.74 Å². The number of hydrogen-bond donors (Lipinski definition) is 0. The third-order valence-corrected chi connectivity index (χ3v) is 2.54. The van der Waals surface area contributed by atoms with Crippen LogP contribution in [0.4, 0.5) is 0 Å². The number of methoxy groups -OCH3 is 1. The SMILES string of the molecule is COc1ccc(CC(Cl)(Cl)C#N)cc1Cl. The summed E-state index contributed by atoms with van der Waals surface area (Å²) in [5.41, 5.74) is 0.785. The van der Waals surface area contributed by atoms with Crippen LogP contribution >= 0.6 is 34.8 Å². The molecule has 0 aliphatic rings. The molecule has 0 saturated carbocycles. The zero-order valence-electron chi connectivity index (χ0n) is 7.93. The maximum absolute atomic E-state index is 8.65. The Kier molecular flexibility index (Phi) is 4.10. The summed E-state index contributed by atoms with van der Waals surface area (Å²) in [6.45, 7) is 0. The average Bonchev–Trinajstić information content (AvgIpc) is 2.17. The number of alkyl halides is 2. The van der Waals surface area contributed by atoms with Crippen LogP contribution < -0.4 is 4.74 Å². The molecule has 0 amide bonds. The molecule has 0 atom stereocenters. The third kappa shape index (κ3) is 3.46. The lowest BCUT2D eigenvalue weighted by molar-refractivity contribution is 0.415. The van der Waals surface area contributed by atoms with Gasteiger partial charge >= 0.3 is 0 Å². The molecule has 0 saturated heterocycles. The number of hydrogen-bond acceptors (Lipinski definition) is 2. The van der Waals surface area contributed by atoms with Crippen molar-refractivity contribution in [2.75, 3.05) is 7.11 Å². The fourth-order valence-electron chi connectivity index (χ4n) is 1.12. The first-order valence-electron chi connectivity index (χ1n) is 4.10. The minimum Gasteiger partial charge on any atom is -0.495 e. The van der Waals surface area contributed by atoms with Gasteiger partial charge in [-0.2, -0.15) is 5.26 Å². The molecule has 1 rings (SSSR count). The lowest BCUT2D eigenvalue weighted by Crippen LogP contribution is -2.13. The van der Waals surface area contributed by atoms with Gasteiger partial charge in [0.2, 0.25) is 4.33 Å². The van der Waals surface area contributed by atoms with Gasteiger partial charge in [-0.05, 0) is 17.7 Å². The van der Waals surface area contributed by atoms with Gasteiger partial charge in [-0.3, -0.25) is 0 Å². The first kappa shape index (κ1) is 12.4. The van der Waals surface area contributed by atoms with E-state index in [2.05, 4.69) is 0 Å². The van der Waals surface area contributed by atoms with Crippen LogP contribution in [0.25, 0.3) is 0 Å². The van der Waals surface area contributed by atoms with Gasteiger partial charge in [0.25, 0.3) is 0 Å². The van der Waals surface area contributed by atoms with Crippen molar-refractivity contribution in [3.63, 3.8) is 0 Å². The Morgan fingerprint density at radius 3 is 2.60 bits per heavy atom. The van der Waals surface area contributed by atoms with Crippen LogP contribution in [0.1, 0.15) is 5.56 Å². The fraction of sp³-hybridized carbons (Fsp3) is 0.300. The van der Waals surface area contributed by atoms with E-state index in [4.69, 9.17) is 44.8 Å². The molecule has 2 nitrogen and oxygen atoms in total. The highest BCUT2D eigenvalue weighted by Crippen LogP contribution is 2.30. The first-order valence-corrected chi connectivity index (χ1v) is 5.23. The standard InChI is InChI=1S/C10H8Cl3NO/c1-15-9-3-2-7(4-8(9)11)5-10(12,13)6-14/h2-4H,5H2,1H3. The molecule has 80 valence electrons. The van der Waals surface area contributed by atoms with Crippen LogP contribution in [0.15, 0.2) is 18.2 Å². The lowest BCUT2D eigenvalue weighted by Gasteiger charge is -2.11. The molecular formula is C10H8Cl3NO. The van der Waals surface area contributed by atoms with E-state index in [1.165, 1.54) is 7.11 Å². The number of ether oxygens (including phenoxy) is 1. The van der Waals surface area contributed by atoms with Crippen LogP contribution in [0.2, 0.25) is 5.02 Å². The van der Waals surface area contributed by atoms with Gasteiger partial charge in [0.15, 0.2) is 0 Å². The molecule has 0 aliphatic heterocycles. The van der Waals surface area contributed by atoms with Crippen molar-refractivity contribution >= 4 is 34.8 Å². The molecule has 0 aromatic heterocycles. The van der Waals surface area contributed by atoms with Crippen molar-refractivity contribution in [3.8, 4) is 11.8 Å². The van der Waals surface area contributed by atoms with Gasteiger partial charge in [-0.25, -0.2) is 0 Å². The second kappa shape index (κ2) is 4.94. The van der Waals surface area contributed by atoms with E-state index in [0.717, 1.165) is 5.56 Å². The Balaban J connectivity index is 2.90. The molecule has 0 unspecified atom stereocenters. The largest absolute Gasteiger partial charge is 0.495 e. The smallest absolute Gasteiger partial charge is 0.207 e. The van der Waals surface area contributed by atoms with E-state index in [1.807, 2.05) is 0 Å². The fourth-order valence-corrected chi connectivity index (χ4v) is 1.70. The van der Waals surface area contributed by atoms with Crippen molar-refractivity contribution < 1.29 is 4.74 Å². The first-order chi connectivity index (χ1) is 6.98. The predicted octanol–water partition coefficient (Wildman–Crippen LogP) is 3.59. The molecule has 0 spiro atoms. The normalized spacial score (nSPS) is 10.9. The summed E-state index contributed by atoms with van der Waals surface area (Å²) in [6, 6.07) is 6.94. The summed E-state index contributed by atoms with van der Waals surface area (Å²) in [4.78, 5) is 0. The van der Waals surface area contributed by atoms with E-state index < -0.39 is 4.33 Å². The van der Waals surface area contributed by atoms with Crippen LogP contribution in [0.5, 0.6) is 5.75 Å². The summed E-state index contributed by atoms with van der Waals surface area (Å²) in [5.74, 6) is 0.576.